The molecule has 0 saturated heterocycles. The van der Waals surface area contributed by atoms with Gasteiger partial charge in [-0.3, -0.25) is 9.59 Å². The van der Waals surface area contributed by atoms with Crippen LogP contribution in [0.25, 0.3) is 0 Å². The molecular formula is C22H23ClFN3O3. The Balaban J connectivity index is 2.09. The number of nitrogens with two attached hydrogens (primary N) is 1. The molecule has 4 N–H and O–H groups in total. The molecule has 30 heavy (non-hydrogen) atoms. The van der Waals surface area contributed by atoms with Gasteiger partial charge in [0.1, 0.15) is 5.82 Å². The number of carbonyl (C=O) groups is 2. The fraction of sp³-hybridized carbons (Fsp3) is 0.182. The smallest absolute Gasteiger partial charge is 0.307 e. The van der Waals surface area contributed by atoms with E-state index in [9.17, 15) is 14.0 Å². The van der Waals surface area contributed by atoms with Gasteiger partial charge in [0, 0.05) is 16.9 Å². The van der Waals surface area contributed by atoms with E-state index in [4.69, 9.17) is 22.6 Å². The highest BCUT2D eigenvalue weighted by atomic mass is 35.5. The zero-order chi connectivity index (χ0) is 22.4. The van der Waals surface area contributed by atoms with Crippen molar-refractivity contribution in [1.29, 1.82) is 0 Å². The van der Waals surface area contributed by atoms with Crippen molar-refractivity contribution in [3.8, 4) is 0 Å². The molecule has 0 atom stereocenters. The zero-order valence-electron chi connectivity index (χ0n) is 16.7. The summed E-state index contributed by atoms with van der Waals surface area (Å²) in [5.41, 5.74) is 3.31. The maximum absolute atomic E-state index is 13.5. The molecule has 0 saturated carbocycles. The molecule has 0 fully saturated rings. The first-order chi connectivity index (χ1) is 14.1. The van der Waals surface area contributed by atoms with Crippen LogP contribution < -0.4 is 11.2 Å². The summed E-state index contributed by atoms with van der Waals surface area (Å²) < 4.78 is 13.5. The van der Waals surface area contributed by atoms with E-state index in [-0.39, 0.29) is 11.4 Å². The van der Waals surface area contributed by atoms with Gasteiger partial charge < -0.3 is 15.4 Å². The SMILES string of the molecule is C=C(C)/C(CC(=O)O)=C(/C)N(N)Cc1ccc(C(=O)Nc2ccc(Cl)c(F)c2)cc1. The van der Waals surface area contributed by atoms with Gasteiger partial charge in [0.05, 0.1) is 18.0 Å². The highest BCUT2D eigenvalue weighted by Crippen LogP contribution is 2.21. The number of nitrogens with one attached hydrogen (secondary N) is 1. The van der Waals surface area contributed by atoms with Gasteiger partial charge in [-0.1, -0.05) is 35.9 Å². The van der Waals surface area contributed by atoms with Crippen LogP contribution in [0.4, 0.5) is 10.1 Å². The molecule has 158 valence electrons. The number of carbonyl (C=O) groups excluding carboxylic acids is 1. The second-order valence-electron chi connectivity index (χ2n) is 6.82. The van der Waals surface area contributed by atoms with Crippen molar-refractivity contribution in [2.75, 3.05) is 5.32 Å². The number of benzene rings is 2. The maximum Gasteiger partial charge on any atom is 0.307 e. The fourth-order valence-corrected chi connectivity index (χ4v) is 2.88. The summed E-state index contributed by atoms with van der Waals surface area (Å²) >= 11 is 5.64. The molecule has 0 aliphatic carbocycles. The number of hydrogen-bond acceptors (Lipinski definition) is 4. The molecule has 8 heteroatoms. The molecule has 0 radical (unpaired) electrons. The van der Waals surface area contributed by atoms with Gasteiger partial charge >= 0.3 is 5.97 Å². The standard InChI is InChI=1S/C22H23ClFN3O3/c1-13(2)18(11-21(28)29)14(3)27(25)12-15-4-6-16(7-5-15)22(30)26-17-8-9-19(23)20(24)10-17/h4-10H,1,11-12,25H2,2-3H3,(H,26,30)(H,28,29)/b18-14-. The first-order valence-corrected chi connectivity index (χ1v) is 9.41. The van der Waals surface area contributed by atoms with E-state index in [0.717, 1.165) is 11.6 Å². The molecule has 2 rings (SSSR count). The predicted molar refractivity (Wildman–Crippen MR) is 115 cm³/mol. The average molecular weight is 432 g/mol. The second-order valence-corrected chi connectivity index (χ2v) is 7.23. The Kier molecular flexibility index (Phi) is 7.74. The fourth-order valence-electron chi connectivity index (χ4n) is 2.77. The number of halogens is 2. The molecule has 0 aromatic heterocycles. The summed E-state index contributed by atoms with van der Waals surface area (Å²) in [5, 5.41) is 13.1. The van der Waals surface area contributed by atoms with Crippen molar-refractivity contribution in [3.05, 3.63) is 87.9 Å². The van der Waals surface area contributed by atoms with E-state index >= 15 is 0 Å². The number of nitrogens with zero attached hydrogens (tertiary/aromatic N) is 1. The normalized spacial score (nSPS) is 11.5. The lowest BCUT2D eigenvalue weighted by Gasteiger charge is -2.23. The molecule has 2 aromatic rings. The van der Waals surface area contributed by atoms with Crippen molar-refractivity contribution < 1.29 is 19.1 Å². The molecule has 2 aromatic carbocycles. The second kappa shape index (κ2) is 10.0. The highest BCUT2D eigenvalue weighted by molar-refractivity contribution is 6.30. The summed E-state index contributed by atoms with van der Waals surface area (Å²) in [6.45, 7) is 7.60. The molecular weight excluding hydrogens is 409 g/mol. The summed E-state index contributed by atoms with van der Waals surface area (Å²) in [6.07, 6.45) is -0.167. The third-order valence-corrected chi connectivity index (χ3v) is 4.76. The van der Waals surface area contributed by atoms with E-state index < -0.39 is 17.7 Å². The van der Waals surface area contributed by atoms with E-state index in [1.165, 1.54) is 17.1 Å². The van der Waals surface area contributed by atoms with Crippen molar-refractivity contribution in [2.24, 2.45) is 5.84 Å². The van der Waals surface area contributed by atoms with Crippen LogP contribution >= 0.6 is 11.6 Å². The van der Waals surface area contributed by atoms with Crippen LogP contribution in [0.1, 0.15) is 36.2 Å². The van der Waals surface area contributed by atoms with Gasteiger partial charge in [-0.25, -0.2) is 10.2 Å². The molecule has 0 heterocycles. The number of carboxylic acid groups (broad SMARTS) is 1. The van der Waals surface area contributed by atoms with Crippen molar-refractivity contribution in [1.82, 2.24) is 5.01 Å². The number of hydrogen-bond donors (Lipinski definition) is 3. The number of hydrazine groups is 1. The van der Waals surface area contributed by atoms with Crippen molar-refractivity contribution >= 4 is 29.2 Å². The largest absolute Gasteiger partial charge is 0.481 e. The van der Waals surface area contributed by atoms with Crippen LogP contribution in [0.15, 0.2) is 65.9 Å². The lowest BCUT2D eigenvalue weighted by Crippen LogP contribution is -2.30. The average Bonchev–Trinajstić information content (AvgIpc) is 2.68. The Bertz CT molecular complexity index is 1000. The Morgan fingerprint density at radius 3 is 2.37 bits per heavy atom. The Morgan fingerprint density at radius 1 is 1.20 bits per heavy atom. The Hall–Kier alpha value is -3.16. The zero-order valence-corrected chi connectivity index (χ0v) is 17.5. The van der Waals surface area contributed by atoms with Crippen LogP contribution in [0, 0.1) is 5.82 Å². The van der Waals surface area contributed by atoms with Gasteiger partial charge in [-0.2, -0.15) is 0 Å². The number of aliphatic carboxylic acids is 1. The lowest BCUT2D eigenvalue weighted by atomic mass is 10.0. The molecule has 1 amide bonds. The third-order valence-electron chi connectivity index (χ3n) is 4.46. The van der Waals surface area contributed by atoms with Gasteiger partial charge in [-0.05, 0) is 55.3 Å². The third kappa shape index (κ3) is 6.17. The number of anilines is 1. The van der Waals surface area contributed by atoms with Crippen LogP contribution in [0.2, 0.25) is 5.02 Å². The predicted octanol–water partition coefficient (Wildman–Crippen LogP) is 4.73. The lowest BCUT2D eigenvalue weighted by molar-refractivity contribution is -0.136. The van der Waals surface area contributed by atoms with Gasteiger partial charge in [0.15, 0.2) is 0 Å². The van der Waals surface area contributed by atoms with Crippen LogP contribution in [0.5, 0.6) is 0 Å². The monoisotopic (exact) mass is 431 g/mol. The first-order valence-electron chi connectivity index (χ1n) is 9.03. The number of amides is 1. The van der Waals surface area contributed by atoms with Crippen molar-refractivity contribution in [2.45, 2.75) is 26.8 Å². The number of allylic oxidation sites excluding steroid dienone is 2. The Labute approximate surface area is 179 Å². The van der Waals surface area contributed by atoms with Crippen molar-refractivity contribution in [3.63, 3.8) is 0 Å². The molecule has 0 unspecified atom stereocenters. The minimum Gasteiger partial charge on any atom is -0.481 e. The van der Waals surface area contributed by atoms with Gasteiger partial charge in [-0.15, -0.1) is 0 Å². The topological polar surface area (TPSA) is 95.7 Å². The van der Waals surface area contributed by atoms with E-state index in [1.54, 1.807) is 38.1 Å². The van der Waals surface area contributed by atoms with E-state index in [2.05, 4.69) is 11.9 Å². The van der Waals surface area contributed by atoms with Crippen LogP contribution in [0.3, 0.4) is 0 Å². The molecule has 0 spiro atoms. The first kappa shape index (κ1) is 23.1. The molecule has 0 aliphatic heterocycles. The maximum atomic E-state index is 13.5. The minimum atomic E-state index is -0.961. The molecule has 0 aliphatic rings. The number of rotatable bonds is 8. The summed E-state index contributed by atoms with van der Waals surface area (Å²) in [4.78, 5) is 23.4. The summed E-state index contributed by atoms with van der Waals surface area (Å²) in [5.74, 6) is 4.13. The molecule has 6 nitrogen and oxygen atoms in total. The Morgan fingerprint density at radius 2 is 1.83 bits per heavy atom. The van der Waals surface area contributed by atoms with Crippen LogP contribution in [-0.2, 0) is 11.3 Å². The molecule has 0 bridgehead atoms. The summed E-state index contributed by atoms with van der Waals surface area (Å²) in [6, 6.07) is 10.7. The quantitative estimate of drug-likeness (QED) is 0.319. The number of carboxylic acids is 1. The summed E-state index contributed by atoms with van der Waals surface area (Å²) in [7, 11) is 0. The minimum absolute atomic E-state index is 0.0220. The van der Waals surface area contributed by atoms with Gasteiger partial charge in [0.25, 0.3) is 5.91 Å². The van der Waals surface area contributed by atoms with Gasteiger partial charge in [0.2, 0.25) is 0 Å². The van der Waals surface area contributed by atoms with E-state index in [1.807, 2.05) is 0 Å². The highest BCUT2D eigenvalue weighted by Gasteiger charge is 2.13. The van der Waals surface area contributed by atoms with E-state index in [0.29, 0.717) is 34.6 Å². The van der Waals surface area contributed by atoms with Crippen LogP contribution in [-0.4, -0.2) is 22.0 Å².